The van der Waals surface area contributed by atoms with Gasteiger partial charge in [-0.1, -0.05) is 40.3 Å². The molecule has 1 aliphatic rings. The third kappa shape index (κ3) is 2.74. The minimum absolute atomic E-state index is 0. The van der Waals surface area contributed by atoms with Crippen molar-refractivity contribution in [3.05, 3.63) is 46.3 Å². The summed E-state index contributed by atoms with van der Waals surface area (Å²) in [6.45, 7) is 10.6. The summed E-state index contributed by atoms with van der Waals surface area (Å²) < 4.78 is 1.76. The molecule has 4 heteroatoms. The zero-order valence-corrected chi connectivity index (χ0v) is 14.8. The Hall–Kier alpha value is -2.10. The summed E-state index contributed by atoms with van der Waals surface area (Å²) >= 11 is 0. The molecule has 2 aromatic rings. The van der Waals surface area contributed by atoms with Crippen LogP contribution in [0.1, 0.15) is 73.4 Å². The lowest BCUT2D eigenvalue weighted by Gasteiger charge is -2.19. The second kappa shape index (κ2) is 6.08. The first-order valence-corrected chi connectivity index (χ1v) is 8.17. The minimum atomic E-state index is -0.0709. The molecule has 0 saturated carbocycles. The molecular formula is C20H29N3O. The molecule has 0 saturated heterocycles. The van der Waals surface area contributed by atoms with E-state index in [1.165, 1.54) is 11.1 Å². The van der Waals surface area contributed by atoms with Gasteiger partial charge in [-0.25, -0.2) is 0 Å². The van der Waals surface area contributed by atoms with Crippen molar-refractivity contribution in [2.24, 2.45) is 7.05 Å². The van der Waals surface area contributed by atoms with Crippen LogP contribution in [0.5, 0.6) is 0 Å². The highest BCUT2D eigenvalue weighted by Crippen LogP contribution is 2.48. The Balaban J connectivity index is 0.00000208. The average Bonchev–Trinajstić information content (AvgIpc) is 2.84. The second-order valence-electron chi connectivity index (χ2n) is 7.38. The van der Waals surface area contributed by atoms with Crippen LogP contribution in [0.3, 0.4) is 0 Å². The second-order valence-corrected chi connectivity index (χ2v) is 7.38. The summed E-state index contributed by atoms with van der Waals surface area (Å²) in [4.78, 5) is 12.8. The number of nitrogens with one attached hydrogen (secondary N) is 1. The van der Waals surface area contributed by atoms with Crippen molar-refractivity contribution in [1.29, 1.82) is 0 Å². The summed E-state index contributed by atoms with van der Waals surface area (Å²) in [5.74, 6) is 0.381. The van der Waals surface area contributed by atoms with E-state index in [1.54, 1.807) is 4.68 Å². The highest BCUT2D eigenvalue weighted by Gasteiger charge is 2.36. The van der Waals surface area contributed by atoms with Gasteiger partial charge in [0.25, 0.3) is 5.91 Å². The molecule has 3 rings (SSSR count). The normalized spacial score (nSPS) is 18.0. The highest BCUT2D eigenvalue weighted by atomic mass is 16.1. The van der Waals surface area contributed by atoms with Gasteiger partial charge in [0.1, 0.15) is 0 Å². The average molecular weight is 327 g/mol. The Bertz CT molecular complexity index is 786. The van der Waals surface area contributed by atoms with E-state index in [9.17, 15) is 4.79 Å². The Morgan fingerprint density at radius 2 is 2.00 bits per heavy atom. The number of benzene rings is 1. The van der Waals surface area contributed by atoms with E-state index in [1.807, 2.05) is 33.0 Å². The zero-order chi connectivity index (χ0) is 16.9. The predicted octanol–water partition coefficient (Wildman–Crippen LogP) is 4.71. The van der Waals surface area contributed by atoms with E-state index < -0.39 is 0 Å². The van der Waals surface area contributed by atoms with E-state index >= 15 is 0 Å². The summed E-state index contributed by atoms with van der Waals surface area (Å²) in [6.07, 6.45) is 1.11. The fraction of sp³-hybridized carbons (Fsp3) is 0.500. The lowest BCUT2D eigenvalue weighted by molar-refractivity contribution is 0.102. The van der Waals surface area contributed by atoms with Gasteiger partial charge in [0, 0.05) is 18.4 Å². The van der Waals surface area contributed by atoms with Crippen molar-refractivity contribution in [1.82, 2.24) is 9.78 Å². The number of hydrogen-bond acceptors (Lipinski definition) is 2. The number of aryl methyl sites for hydroxylation is 2. The first kappa shape index (κ1) is 18.2. The largest absolute Gasteiger partial charge is 0.322 e. The topological polar surface area (TPSA) is 46.9 Å². The maximum atomic E-state index is 12.8. The SMILES string of the molecule is C.Cc1nn(C)c(C)c1C(=O)Nc1cccc2c1[C@H](C)CC2(C)C. The summed E-state index contributed by atoms with van der Waals surface area (Å²) in [5.41, 5.74) is 6.07. The van der Waals surface area contributed by atoms with Crippen LogP contribution in [0.25, 0.3) is 0 Å². The number of amides is 1. The number of nitrogens with zero attached hydrogens (tertiary/aromatic N) is 2. The van der Waals surface area contributed by atoms with Crippen molar-refractivity contribution < 1.29 is 4.79 Å². The molecule has 0 radical (unpaired) electrons. The number of aromatic nitrogens is 2. The van der Waals surface area contributed by atoms with Gasteiger partial charge in [-0.3, -0.25) is 9.48 Å². The van der Waals surface area contributed by atoms with E-state index in [4.69, 9.17) is 0 Å². The highest BCUT2D eigenvalue weighted by molar-refractivity contribution is 6.06. The molecule has 0 unspecified atom stereocenters. The van der Waals surface area contributed by atoms with Gasteiger partial charge in [-0.15, -0.1) is 0 Å². The molecule has 1 aromatic carbocycles. The van der Waals surface area contributed by atoms with Gasteiger partial charge in [0.15, 0.2) is 0 Å². The monoisotopic (exact) mass is 327 g/mol. The molecule has 1 N–H and O–H groups in total. The summed E-state index contributed by atoms with van der Waals surface area (Å²) in [6, 6.07) is 6.24. The molecule has 1 aromatic heterocycles. The fourth-order valence-corrected chi connectivity index (χ4v) is 4.06. The van der Waals surface area contributed by atoms with Crippen LogP contribution < -0.4 is 5.32 Å². The van der Waals surface area contributed by atoms with Gasteiger partial charge in [-0.2, -0.15) is 5.10 Å². The maximum absolute atomic E-state index is 12.8. The number of hydrogen-bond donors (Lipinski definition) is 1. The third-order valence-corrected chi connectivity index (χ3v) is 5.13. The molecule has 0 fully saturated rings. The fourth-order valence-electron chi connectivity index (χ4n) is 4.06. The molecule has 1 amide bonds. The van der Waals surface area contributed by atoms with Crippen LogP contribution in [0.15, 0.2) is 18.2 Å². The van der Waals surface area contributed by atoms with E-state index in [2.05, 4.69) is 37.3 Å². The lowest BCUT2D eigenvalue weighted by Crippen LogP contribution is -2.16. The van der Waals surface area contributed by atoms with Crippen LogP contribution in [0, 0.1) is 13.8 Å². The molecule has 1 heterocycles. The van der Waals surface area contributed by atoms with Crippen molar-refractivity contribution in [3.8, 4) is 0 Å². The first-order chi connectivity index (χ1) is 10.7. The molecule has 0 bridgehead atoms. The predicted molar refractivity (Wildman–Crippen MR) is 99.9 cm³/mol. The maximum Gasteiger partial charge on any atom is 0.259 e. The summed E-state index contributed by atoms with van der Waals surface area (Å²) in [7, 11) is 1.87. The van der Waals surface area contributed by atoms with Crippen molar-refractivity contribution in [2.45, 2.75) is 59.8 Å². The minimum Gasteiger partial charge on any atom is -0.322 e. The van der Waals surface area contributed by atoms with E-state index in [0.717, 1.165) is 23.5 Å². The molecule has 1 atom stereocenters. The van der Waals surface area contributed by atoms with Crippen molar-refractivity contribution in [3.63, 3.8) is 0 Å². The Morgan fingerprint density at radius 3 is 2.58 bits per heavy atom. The van der Waals surface area contributed by atoms with Gasteiger partial charge in [0.2, 0.25) is 0 Å². The molecule has 24 heavy (non-hydrogen) atoms. The Kier molecular flexibility index (Phi) is 4.62. The molecule has 0 spiro atoms. The number of anilines is 1. The molecule has 0 aliphatic heterocycles. The van der Waals surface area contributed by atoms with E-state index in [0.29, 0.717) is 11.5 Å². The zero-order valence-electron chi connectivity index (χ0n) is 14.8. The molecule has 1 aliphatic carbocycles. The number of fused-ring (bicyclic) bond motifs is 1. The number of rotatable bonds is 2. The van der Waals surface area contributed by atoms with Crippen LogP contribution in [0.4, 0.5) is 5.69 Å². The van der Waals surface area contributed by atoms with Crippen molar-refractivity contribution in [2.75, 3.05) is 5.32 Å². The molecular weight excluding hydrogens is 298 g/mol. The number of carbonyl (C=O) groups is 1. The van der Waals surface area contributed by atoms with Gasteiger partial charge in [0.05, 0.1) is 11.3 Å². The quantitative estimate of drug-likeness (QED) is 0.868. The first-order valence-electron chi connectivity index (χ1n) is 8.17. The third-order valence-electron chi connectivity index (χ3n) is 5.13. The lowest BCUT2D eigenvalue weighted by atomic mass is 9.86. The number of carbonyl (C=O) groups excluding carboxylic acids is 1. The molecule has 4 nitrogen and oxygen atoms in total. The van der Waals surface area contributed by atoms with Gasteiger partial charge in [-0.05, 0) is 48.8 Å². The Labute approximate surface area is 145 Å². The molecule has 130 valence electrons. The van der Waals surface area contributed by atoms with Crippen LogP contribution in [-0.2, 0) is 12.5 Å². The van der Waals surface area contributed by atoms with Crippen LogP contribution in [-0.4, -0.2) is 15.7 Å². The van der Waals surface area contributed by atoms with Crippen LogP contribution in [0.2, 0.25) is 0 Å². The van der Waals surface area contributed by atoms with Gasteiger partial charge < -0.3 is 5.32 Å². The van der Waals surface area contributed by atoms with Crippen molar-refractivity contribution >= 4 is 11.6 Å². The Morgan fingerprint density at radius 1 is 1.33 bits per heavy atom. The van der Waals surface area contributed by atoms with E-state index in [-0.39, 0.29) is 18.7 Å². The smallest absolute Gasteiger partial charge is 0.259 e. The standard InChI is InChI=1S/C19H25N3O.CH4/c1-11-10-19(4,5)14-8-7-9-15(16(11)14)20-18(23)17-12(2)21-22(6)13(17)3;/h7-9,11H,10H2,1-6H3,(H,20,23);1H4/t11-;/m1./s1. The van der Waals surface area contributed by atoms with Crippen LogP contribution >= 0.6 is 0 Å². The van der Waals surface area contributed by atoms with Gasteiger partial charge >= 0.3 is 0 Å². The summed E-state index contributed by atoms with van der Waals surface area (Å²) in [5, 5.41) is 7.47.